The predicted octanol–water partition coefficient (Wildman–Crippen LogP) is 3.64. The van der Waals surface area contributed by atoms with Gasteiger partial charge in [-0.25, -0.2) is 0 Å². The topological polar surface area (TPSA) is 63.4 Å². The predicted molar refractivity (Wildman–Crippen MR) is 105 cm³/mol. The van der Waals surface area contributed by atoms with E-state index in [1.807, 2.05) is 62.4 Å². The molecule has 0 radical (unpaired) electrons. The third-order valence-electron chi connectivity index (χ3n) is 4.46. The molecular formula is C22H28N2O2. The Morgan fingerprint density at radius 1 is 1.00 bits per heavy atom. The molecule has 0 aliphatic rings. The molecule has 0 aromatic heterocycles. The van der Waals surface area contributed by atoms with Crippen molar-refractivity contribution in [1.29, 1.82) is 0 Å². The quantitative estimate of drug-likeness (QED) is 0.701. The Bertz CT molecular complexity index is 741. The summed E-state index contributed by atoms with van der Waals surface area (Å²) >= 11 is 0. The first-order valence-corrected chi connectivity index (χ1v) is 9.13. The van der Waals surface area contributed by atoms with Gasteiger partial charge in [0.25, 0.3) is 0 Å². The largest absolute Gasteiger partial charge is 0.338 e. The molecule has 2 aromatic carbocycles. The summed E-state index contributed by atoms with van der Waals surface area (Å²) in [5, 5.41) is 0. The van der Waals surface area contributed by atoms with Crippen molar-refractivity contribution in [1.82, 2.24) is 4.90 Å². The van der Waals surface area contributed by atoms with E-state index in [9.17, 15) is 9.59 Å². The van der Waals surface area contributed by atoms with Crippen molar-refractivity contribution in [2.75, 3.05) is 13.1 Å². The van der Waals surface area contributed by atoms with Crippen LogP contribution in [0, 0.1) is 13.8 Å². The monoisotopic (exact) mass is 352 g/mol. The minimum absolute atomic E-state index is 0.000888. The zero-order valence-corrected chi connectivity index (χ0v) is 15.7. The van der Waals surface area contributed by atoms with E-state index in [0.29, 0.717) is 19.6 Å². The third kappa shape index (κ3) is 5.81. The van der Waals surface area contributed by atoms with Gasteiger partial charge in [0.2, 0.25) is 5.91 Å². The van der Waals surface area contributed by atoms with Crippen LogP contribution in [-0.4, -0.2) is 29.7 Å². The van der Waals surface area contributed by atoms with Crippen molar-refractivity contribution in [3.63, 3.8) is 0 Å². The summed E-state index contributed by atoms with van der Waals surface area (Å²) in [6.45, 7) is 5.60. The van der Waals surface area contributed by atoms with Crippen LogP contribution in [0.3, 0.4) is 0 Å². The van der Waals surface area contributed by atoms with Gasteiger partial charge in [0.1, 0.15) is 0 Å². The normalized spacial score (nSPS) is 10.6. The van der Waals surface area contributed by atoms with Crippen molar-refractivity contribution < 1.29 is 9.59 Å². The van der Waals surface area contributed by atoms with Crippen LogP contribution in [0.1, 0.15) is 46.3 Å². The molecule has 2 rings (SSSR count). The summed E-state index contributed by atoms with van der Waals surface area (Å²) in [5.74, 6) is 0.0268. The number of aryl methyl sites for hydroxylation is 2. The second-order valence-corrected chi connectivity index (χ2v) is 6.68. The fourth-order valence-corrected chi connectivity index (χ4v) is 2.93. The van der Waals surface area contributed by atoms with Gasteiger partial charge in [0, 0.05) is 31.5 Å². The molecule has 2 N–H and O–H groups in total. The summed E-state index contributed by atoms with van der Waals surface area (Å²) in [6.07, 6.45) is 1.21. The van der Waals surface area contributed by atoms with Crippen molar-refractivity contribution in [3.8, 4) is 0 Å². The number of hydrogen-bond donors (Lipinski definition) is 1. The van der Waals surface area contributed by atoms with Crippen molar-refractivity contribution in [3.05, 3.63) is 70.8 Å². The molecule has 26 heavy (non-hydrogen) atoms. The molecule has 0 atom stereocenters. The van der Waals surface area contributed by atoms with Gasteiger partial charge in [-0.05, 0) is 44.0 Å². The fraction of sp³-hybridized carbons (Fsp3) is 0.364. The molecule has 0 unspecified atom stereocenters. The Kier molecular flexibility index (Phi) is 7.54. The molecule has 0 saturated heterocycles. The maximum atomic E-state index is 12.7. The maximum absolute atomic E-state index is 12.7. The Hall–Kier alpha value is -2.46. The van der Waals surface area contributed by atoms with Crippen LogP contribution >= 0.6 is 0 Å². The Labute approximate surface area is 156 Å². The van der Waals surface area contributed by atoms with E-state index in [2.05, 4.69) is 0 Å². The number of nitrogens with zero attached hydrogens (tertiary/aromatic N) is 1. The van der Waals surface area contributed by atoms with Gasteiger partial charge in [-0.15, -0.1) is 0 Å². The van der Waals surface area contributed by atoms with E-state index in [1.54, 1.807) is 4.90 Å². The van der Waals surface area contributed by atoms with Crippen LogP contribution in [0.15, 0.2) is 48.5 Å². The van der Waals surface area contributed by atoms with E-state index in [4.69, 9.17) is 5.73 Å². The Morgan fingerprint density at radius 2 is 1.73 bits per heavy atom. The number of Topliss-reactive ketones (excluding diaryl/α,β-unsaturated/α-hetero) is 1. The molecule has 138 valence electrons. The highest BCUT2D eigenvalue weighted by atomic mass is 16.2. The number of hydrogen-bond acceptors (Lipinski definition) is 3. The number of amides is 1. The van der Waals surface area contributed by atoms with E-state index < -0.39 is 0 Å². The molecule has 0 saturated carbocycles. The van der Waals surface area contributed by atoms with E-state index in [0.717, 1.165) is 28.7 Å². The highest BCUT2D eigenvalue weighted by molar-refractivity contribution is 5.99. The molecule has 2 aromatic rings. The number of benzene rings is 2. The van der Waals surface area contributed by atoms with Gasteiger partial charge in [0.05, 0.1) is 0 Å². The van der Waals surface area contributed by atoms with E-state index >= 15 is 0 Å². The van der Waals surface area contributed by atoms with Gasteiger partial charge in [-0.2, -0.15) is 0 Å². The molecule has 0 heterocycles. The van der Waals surface area contributed by atoms with Crippen LogP contribution in [0.2, 0.25) is 0 Å². The fourth-order valence-electron chi connectivity index (χ4n) is 2.93. The summed E-state index contributed by atoms with van der Waals surface area (Å²) < 4.78 is 0. The standard InChI is InChI=1S/C22H28N2O2/c1-17-9-10-18(2)20(15-17)21(25)11-12-22(26)24(14-6-13-23)16-19-7-4-3-5-8-19/h3-5,7-10,15H,6,11-14,16,23H2,1-2H3. The van der Waals surface area contributed by atoms with Crippen LogP contribution in [0.25, 0.3) is 0 Å². The molecule has 0 bridgehead atoms. The summed E-state index contributed by atoms with van der Waals surface area (Å²) in [7, 11) is 0. The van der Waals surface area contributed by atoms with Crippen LogP contribution < -0.4 is 5.73 Å². The highest BCUT2D eigenvalue weighted by Gasteiger charge is 2.17. The highest BCUT2D eigenvalue weighted by Crippen LogP contribution is 2.15. The molecule has 4 nitrogen and oxygen atoms in total. The lowest BCUT2D eigenvalue weighted by Gasteiger charge is -2.22. The molecule has 0 spiro atoms. The van der Waals surface area contributed by atoms with Gasteiger partial charge in [-0.3, -0.25) is 9.59 Å². The average molecular weight is 352 g/mol. The van der Waals surface area contributed by atoms with Crippen molar-refractivity contribution >= 4 is 11.7 Å². The smallest absolute Gasteiger partial charge is 0.223 e. The van der Waals surface area contributed by atoms with Gasteiger partial charge in [0.15, 0.2) is 5.78 Å². The molecule has 0 aliphatic carbocycles. The van der Waals surface area contributed by atoms with Crippen molar-refractivity contribution in [2.45, 2.75) is 39.7 Å². The summed E-state index contributed by atoms with van der Waals surface area (Å²) in [5.41, 5.74) is 9.42. The molecule has 0 aliphatic heterocycles. The lowest BCUT2D eigenvalue weighted by molar-refractivity contribution is -0.131. The number of ketones is 1. The average Bonchev–Trinajstić information content (AvgIpc) is 2.65. The lowest BCUT2D eigenvalue weighted by atomic mass is 9.99. The van der Waals surface area contributed by atoms with Crippen LogP contribution in [0.5, 0.6) is 0 Å². The first-order valence-electron chi connectivity index (χ1n) is 9.13. The summed E-state index contributed by atoms with van der Waals surface area (Å²) in [6, 6.07) is 15.7. The Balaban J connectivity index is 1.99. The van der Waals surface area contributed by atoms with Gasteiger partial charge in [-0.1, -0.05) is 48.0 Å². The zero-order valence-electron chi connectivity index (χ0n) is 15.7. The Morgan fingerprint density at radius 3 is 2.42 bits per heavy atom. The van der Waals surface area contributed by atoms with E-state index in [1.165, 1.54) is 0 Å². The lowest BCUT2D eigenvalue weighted by Crippen LogP contribution is -2.32. The first kappa shape index (κ1) is 19.9. The van der Waals surface area contributed by atoms with Crippen molar-refractivity contribution in [2.24, 2.45) is 5.73 Å². The number of rotatable bonds is 9. The second-order valence-electron chi connectivity index (χ2n) is 6.68. The van der Waals surface area contributed by atoms with E-state index in [-0.39, 0.29) is 24.5 Å². The summed E-state index contributed by atoms with van der Waals surface area (Å²) in [4.78, 5) is 27.0. The minimum Gasteiger partial charge on any atom is -0.338 e. The number of nitrogens with two attached hydrogens (primary N) is 1. The van der Waals surface area contributed by atoms with Crippen LogP contribution in [-0.2, 0) is 11.3 Å². The van der Waals surface area contributed by atoms with Crippen LogP contribution in [0.4, 0.5) is 0 Å². The van der Waals surface area contributed by atoms with Gasteiger partial charge >= 0.3 is 0 Å². The number of carbonyl (C=O) groups excluding carboxylic acids is 2. The molecule has 4 heteroatoms. The third-order valence-corrected chi connectivity index (χ3v) is 4.46. The van der Waals surface area contributed by atoms with Gasteiger partial charge < -0.3 is 10.6 Å². The zero-order chi connectivity index (χ0) is 18.9. The molecule has 0 fully saturated rings. The molecular weight excluding hydrogens is 324 g/mol. The first-order chi connectivity index (χ1) is 12.5. The number of carbonyl (C=O) groups is 2. The molecule has 1 amide bonds. The minimum atomic E-state index is 0.000888. The SMILES string of the molecule is Cc1ccc(C)c(C(=O)CCC(=O)N(CCCN)Cc2ccccc2)c1. The second kappa shape index (κ2) is 9.88. The maximum Gasteiger partial charge on any atom is 0.223 e.